The number of hydrogen-bond acceptors (Lipinski definition) is 1. The Morgan fingerprint density at radius 1 is 1.64 bits per heavy atom. The van der Waals surface area contributed by atoms with E-state index in [9.17, 15) is 4.79 Å². The zero-order valence-electron chi connectivity index (χ0n) is 9.12. The molecule has 0 fully saturated rings. The Balaban J connectivity index is 2.71. The van der Waals surface area contributed by atoms with Crippen molar-refractivity contribution in [2.45, 2.75) is 46.0 Å². The van der Waals surface area contributed by atoms with Crippen molar-refractivity contribution < 1.29 is 9.90 Å². The maximum atomic E-state index is 10.8. The van der Waals surface area contributed by atoms with Gasteiger partial charge in [0.05, 0.1) is 6.42 Å². The molecule has 0 amide bonds. The van der Waals surface area contributed by atoms with Gasteiger partial charge in [-0.3, -0.25) is 4.79 Å². The molecule has 1 N–H and O–H groups in total. The van der Waals surface area contributed by atoms with E-state index >= 15 is 0 Å². The Labute approximate surface area is 86.0 Å². The molecule has 2 atom stereocenters. The number of hydrogen-bond donors (Lipinski definition) is 1. The number of carboxylic acid groups (broad SMARTS) is 1. The molecule has 14 heavy (non-hydrogen) atoms. The fraction of sp³-hybridized carbons (Fsp3) is 0.750. The second-order valence-electron chi connectivity index (χ2n) is 4.43. The fourth-order valence-electron chi connectivity index (χ4n) is 2.49. The second-order valence-corrected chi connectivity index (χ2v) is 4.43. The average molecular weight is 196 g/mol. The van der Waals surface area contributed by atoms with Gasteiger partial charge in [-0.15, -0.1) is 0 Å². The van der Waals surface area contributed by atoms with E-state index in [1.54, 1.807) is 0 Å². The van der Waals surface area contributed by atoms with Crippen molar-refractivity contribution >= 4 is 5.97 Å². The third kappa shape index (κ3) is 2.37. The van der Waals surface area contributed by atoms with Crippen molar-refractivity contribution in [2.75, 3.05) is 0 Å². The Kier molecular flexibility index (Phi) is 3.73. The molecule has 0 aliphatic heterocycles. The van der Waals surface area contributed by atoms with Gasteiger partial charge in [-0.1, -0.05) is 38.8 Å². The van der Waals surface area contributed by atoms with Crippen LogP contribution in [-0.4, -0.2) is 11.1 Å². The summed E-state index contributed by atoms with van der Waals surface area (Å²) in [7, 11) is 0. The Bertz CT molecular complexity index is 232. The van der Waals surface area contributed by atoms with Gasteiger partial charge < -0.3 is 5.11 Å². The van der Waals surface area contributed by atoms with Crippen molar-refractivity contribution in [3.8, 4) is 0 Å². The quantitative estimate of drug-likeness (QED) is 0.685. The van der Waals surface area contributed by atoms with Crippen molar-refractivity contribution in [1.82, 2.24) is 0 Å². The van der Waals surface area contributed by atoms with E-state index in [1.165, 1.54) is 0 Å². The number of carboxylic acids is 1. The van der Waals surface area contributed by atoms with E-state index in [0.29, 0.717) is 12.3 Å². The first kappa shape index (κ1) is 11.3. The van der Waals surface area contributed by atoms with Gasteiger partial charge in [-0.25, -0.2) is 0 Å². The predicted molar refractivity (Wildman–Crippen MR) is 57.1 cm³/mol. The third-order valence-electron chi connectivity index (χ3n) is 3.41. The van der Waals surface area contributed by atoms with Crippen molar-refractivity contribution in [1.29, 1.82) is 0 Å². The molecule has 2 heteroatoms. The van der Waals surface area contributed by atoms with Crippen LogP contribution in [0.1, 0.15) is 46.0 Å². The van der Waals surface area contributed by atoms with E-state index in [1.807, 2.05) is 0 Å². The van der Waals surface area contributed by atoms with Crippen LogP contribution in [0.15, 0.2) is 12.2 Å². The second kappa shape index (κ2) is 4.63. The maximum Gasteiger partial charge on any atom is 0.304 e. The molecule has 0 radical (unpaired) electrons. The topological polar surface area (TPSA) is 37.3 Å². The van der Waals surface area contributed by atoms with Crippen LogP contribution in [-0.2, 0) is 4.79 Å². The van der Waals surface area contributed by atoms with Crippen LogP contribution in [0.25, 0.3) is 0 Å². The minimum atomic E-state index is -0.667. The Hall–Kier alpha value is -0.790. The molecule has 80 valence electrons. The first-order valence-corrected chi connectivity index (χ1v) is 5.50. The minimum absolute atomic E-state index is 0.0537. The van der Waals surface area contributed by atoms with Crippen LogP contribution in [0.2, 0.25) is 0 Å². The molecule has 1 unspecified atom stereocenters. The predicted octanol–water partition coefficient (Wildman–Crippen LogP) is 3.23. The lowest BCUT2D eigenvalue weighted by Crippen LogP contribution is -2.27. The summed E-state index contributed by atoms with van der Waals surface area (Å²) in [6, 6.07) is 0. The van der Waals surface area contributed by atoms with Gasteiger partial charge in [0.15, 0.2) is 0 Å². The van der Waals surface area contributed by atoms with Crippen LogP contribution in [0.3, 0.4) is 0 Å². The standard InChI is InChI=1S/C12H20O2/c1-3-6-10(2)12(9-11(13)14)7-4-5-8-12/h4,7,10H,3,5-6,8-9H2,1-2H3,(H,13,14)/t10?,12-/m0/s1. The van der Waals surface area contributed by atoms with Gasteiger partial charge in [-0.05, 0) is 18.8 Å². The number of aliphatic carboxylic acids is 1. The first-order valence-electron chi connectivity index (χ1n) is 5.50. The normalized spacial score (nSPS) is 27.9. The fourth-order valence-corrected chi connectivity index (χ4v) is 2.49. The van der Waals surface area contributed by atoms with E-state index in [-0.39, 0.29) is 5.41 Å². The molecular formula is C12H20O2. The zero-order valence-corrected chi connectivity index (χ0v) is 9.12. The summed E-state index contributed by atoms with van der Waals surface area (Å²) in [6.07, 6.45) is 8.89. The molecule has 0 saturated carbocycles. The molecule has 1 aliphatic rings. The number of carbonyl (C=O) groups is 1. The molecule has 0 heterocycles. The highest BCUT2D eigenvalue weighted by Gasteiger charge is 2.36. The van der Waals surface area contributed by atoms with Gasteiger partial charge in [-0.2, -0.15) is 0 Å². The van der Waals surface area contributed by atoms with Crippen molar-refractivity contribution in [3.63, 3.8) is 0 Å². The number of rotatable bonds is 5. The molecule has 0 aromatic heterocycles. The lowest BCUT2D eigenvalue weighted by molar-refractivity contribution is -0.139. The minimum Gasteiger partial charge on any atom is -0.481 e. The molecule has 0 spiro atoms. The van der Waals surface area contributed by atoms with Crippen LogP contribution in [0, 0.1) is 11.3 Å². The largest absolute Gasteiger partial charge is 0.481 e. The summed E-state index contributed by atoms with van der Waals surface area (Å²) in [5, 5.41) is 8.92. The lowest BCUT2D eigenvalue weighted by atomic mass is 9.71. The van der Waals surface area contributed by atoms with E-state index in [2.05, 4.69) is 26.0 Å². The molecule has 1 aliphatic carbocycles. The van der Waals surface area contributed by atoms with E-state index < -0.39 is 5.97 Å². The summed E-state index contributed by atoms with van der Waals surface area (Å²) in [5.74, 6) is -0.179. The molecule has 0 aromatic carbocycles. The molecule has 0 bridgehead atoms. The van der Waals surface area contributed by atoms with Crippen molar-refractivity contribution in [2.24, 2.45) is 11.3 Å². The van der Waals surface area contributed by atoms with Gasteiger partial charge in [0.25, 0.3) is 0 Å². The summed E-state index contributed by atoms with van der Waals surface area (Å²) >= 11 is 0. The molecule has 1 rings (SSSR count). The van der Waals surface area contributed by atoms with Crippen molar-refractivity contribution in [3.05, 3.63) is 12.2 Å². The third-order valence-corrected chi connectivity index (χ3v) is 3.41. The number of allylic oxidation sites excluding steroid dienone is 2. The Morgan fingerprint density at radius 3 is 2.79 bits per heavy atom. The summed E-state index contributed by atoms with van der Waals surface area (Å²) in [6.45, 7) is 4.34. The van der Waals surface area contributed by atoms with Gasteiger partial charge in [0.1, 0.15) is 0 Å². The zero-order chi connectivity index (χ0) is 10.6. The summed E-state index contributed by atoms with van der Waals surface area (Å²) in [4.78, 5) is 10.8. The molecule has 2 nitrogen and oxygen atoms in total. The highest BCUT2D eigenvalue weighted by atomic mass is 16.4. The van der Waals surface area contributed by atoms with E-state index in [4.69, 9.17) is 5.11 Å². The molecule has 0 saturated heterocycles. The van der Waals surface area contributed by atoms with Crippen LogP contribution in [0.4, 0.5) is 0 Å². The summed E-state index contributed by atoms with van der Waals surface area (Å²) in [5.41, 5.74) is -0.0537. The highest BCUT2D eigenvalue weighted by Crippen LogP contribution is 2.44. The van der Waals surface area contributed by atoms with Gasteiger partial charge in [0, 0.05) is 5.41 Å². The maximum absolute atomic E-state index is 10.8. The van der Waals surface area contributed by atoms with Gasteiger partial charge >= 0.3 is 5.97 Å². The highest BCUT2D eigenvalue weighted by molar-refractivity contribution is 5.68. The first-order chi connectivity index (χ1) is 6.60. The van der Waals surface area contributed by atoms with Gasteiger partial charge in [0.2, 0.25) is 0 Å². The smallest absolute Gasteiger partial charge is 0.304 e. The SMILES string of the molecule is CCCC(C)[C@@]1(CC(=O)O)C=CCC1. The average Bonchev–Trinajstić information content (AvgIpc) is 2.53. The van der Waals surface area contributed by atoms with E-state index in [0.717, 1.165) is 25.7 Å². The Morgan fingerprint density at radius 2 is 2.36 bits per heavy atom. The van der Waals surface area contributed by atoms with Crippen LogP contribution >= 0.6 is 0 Å². The van der Waals surface area contributed by atoms with Crippen LogP contribution in [0.5, 0.6) is 0 Å². The molecule has 0 aromatic rings. The summed E-state index contributed by atoms with van der Waals surface area (Å²) < 4.78 is 0. The molecular weight excluding hydrogens is 176 g/mol. The van der Waals surface area contributed by atoms with Crippen LogP contribution < -0.4 is 0 Å². The lowest BCUT2D eigenvalue weighted by Gasteiger charge is -2.32. The monoisotopic (exact) mass is 196 g/mol.